The van der Waals surface area contributed by atoms with Gasteiger partial charge in [0, 0.05) is 26.2 Å². The third-order valence-corrected chi connectivity index (χ3v) is 6.67. The monoisotopic (exact) mass is 417 g/mol. The van der Waals surface area contributed by atoms with Gasteiger partial charge in [0.05, 0.1) is 12.5 Å². The second-order valence-corrected chi connectivity index (χ2v) is 8.74. The van der Waals surface area contributed by atoms with E-state index < -0.39 is 27.8 Å². The number of hydrogen-bond acceptors (Lipinski definition) is 8. The first-order chi connectivity index (χ1) is 13.2. The number of nitrogens with zero attached hydrogens (tertiary/aromatic N) is 2. The van der Waals surface area contributed by atoms with Crippen LogP contribution in [-0.4, -0.2) is 69.2 Å². The Bertz CT molecular complexity index is 778. The highest BCUT2D eigenvalue weighted by Gasteiger charge is 2.36. The molecule has 0 bridgehead atoms. The van der Waals surface area contributed by atoms with E-state index in [-0.39, 0.29) is 36.4 Å². The van der Waals surface area contributed by atoms with Crippen molar-refractivity contribution in [2.45, 2.75) is 44.6 Å². The van der Waals surface area contributed by atoms with E-state index >= 15 is 0 Å². The van der Waals surface area contributed by atoms with Crippen LogP contribution in [0, 0.1) is 19.8 Å². The zero-order chi connectivity index (χ0) is 20.9. The first-order valence-corrected chi connectivity index (χ1v) is 10.5. The number of rotatable bonds is 8. The standard InChI is InChI=1S/C17H27N3O7S/c1-11(9-25-4)18-15(21)10-26-17(22)14-5-7-20(8-6-14)28(23,24)16-12(2)19-27-13(16)3/h11,14H,5-10H2,1-4H3,(H,18,21). The van der Waals surface area contributed by atoms with E-state index in [0.717, 1.165) is 0 Å². The highest BCUT2D eigenvalue weighted by atomic mass is 32.2. The maximum Gasteiger partial charge on any atom is 0.309 e. The molecule has 0 spiro atoms. The zero-order valence-corrected chi connectivity index (χ0v) is 17.4. The minimum Gasteiger partial charge on any atom is -0.455 e. The summed E-state index contributed by atoms with van der Waals surface area (Å²) >= 11 is 0. The Hall–Kier alpha value is -1.98. The molecule has 0 aliphatic carbocycles. The number of hydrogen-bond donors (Lipinski definition) is 1. The maximum atomic E-state index is 12.8. The Morgan fingerprint density at radius 2 is 1.96 bits per heavy atom. The largest absolute Gasteiger partial charge is 0.455 e. The number of sulfonamides is 1. The molecule has 10 nitrogen and oxygen atoms in total. The van der Waals surface area contributed by atoms with Crippen molar-refractivity contribution in [3.8, 4) is 0 Å². The van der Waals surface area contributed by atoms with Crippen molar-refractivity contribution in [2.75, 3.05) is 33.4 Å². The molecule has 1 aromatic heterocycles. The van der Waals surface area contributed by atoms with Gasteiger partial charge >= 0.3 is 5.97 Å². The van der Waals surface area contributed by atoms with E-state index in [2.05, 4.69) is 10.5 Å². The molecule has 1 aliphatic heterocycles. The quantitative estimate of drug-likeness (QED) is 0.602. The molecule has 1 fully saturated rings. The van der Waals surface area contributed by atoms with Crippen molar-refractivity contribution in [2.24, 2.45) is 5.92 Å². The number of methoxy groups -OCH3 is 1. The smallest absolute Gasteiger partial charge is 0.309 e. The van der Waals surface area contributed by atoms with E-state index in [1.54, 1.807) is 20.8 Å². The average molecular weight is 417 g/mol. The lowest BCUT2D eigenvalue weighted by molar-refractivity contribution is -0.153. The lowest BCUT2D eigenvalue weighted by atomic mass is 9.98. The lowest BCUT2D eigenvalue weighted by Crippen LogP contribution is -2.42. The minimum atomic E-state index is -3.72. The third kappa shape index (κ3) is 5.30. The first kappa shape index (κ1) is 22.3. The van der Waals surface area contributed by atoms with Crippen molar-refractivity contribution in [3.05, 3.63) is 11.5 Å². The molecule has 0 radical (unpaired) electrons. The molecule has 2 heterocycles. The van der Waals surface area contributed by atoms with Crippen LogP contribution in [0.3, 0.4) is 0 Å². The molecular formula is C17H27N3O7S. The topological polar surface area (TPSA) is 128 Å². The van der Waals surface area contributed by atoms with Gasteiger partial charge in [0.2, 0.25) is 10.0 Å². The average Bonchev–Trinajstić information content (AvgIpc) is 2.99. The molecular weight excluding hydrogens is 390 g/mol. The highest BCUT2D eigenvalue weighted by molar-refractivity contribution is 7.89. The molecule has 0 aromatic carbocycles. The van der Waals surface area contributed by atoms with Gasteiger partial charge in [-0.1, -0.05) is 5.16 Å². The molecule has 158 valence electrons. The summed E-state index contributed by atoms with van der Waals surface area (Å²) in [5.74, 6) is -1.10. The summed E-state index contributed by atoms with van der Waals surface area (Å²) < 4.78 is 41.8. The van der Waals surface area contributed by atoms with Crippen LogP contribution in [-0.2, 0) is 29.1 Å². The number of nitrogens with one attached hydrogen (secondary N) is 1. The Balaban J connectivity index is 1.85. The van der Waals surface area contributed by atoms with Gasteiger partial charge in [-0.2, -0.15) is 4.31 Å². The molecule has 0 saturated carbocycles. The predicted molar refractivity (Wildman–Crippen MR) is 97.9 cm³/mol. The molecule has 1 saturated heterocycles. The number of aryl methyl sites for hydroxylation is 2. The van der Waals surface area contributed by atoms with Gasteiger partial charge in [-0.3, -0.25) is 9.59 Å². The van der Waals surface area contributed by atoms with Crippen molar-refractivity contribution in [1.82, 2.24) is 14.8 Å². The summed E-state index contributed by atoms with van der Waals surface area (Å²) in [5.41, 5.74) is 0.313. The molecule has 1 aromatic rings. The van der Waals surface area contributed by atoms with Crippen LogP contribution >= 0.6 is 0 Å². The van der Waals surface area contributed by atoms with Gasteiger partial charge in [0.15, 0.2) is 12.4 Å². The summed E-state index contributed by atoms with van der Waals surface area (Å²) in [7, 11) is -2.20. The molecule has 1 amide bonds. The van der Waals surface area contributed by atoms with Crippen LogP contribution in [0.25, 0.3) is 0 Å². The van der Waals surface area contributed by atoms with Crippen molar-refractivity contribution < 1.29 is 32.0 Å². The number of carbonyl (C=O) groups excluding carboxylic acids is 2. The number of carbonyl (C=O) groups is 2. The van der Waals surface area contributed by atoms with Crippen molar-refractivity contribution in [3.63, 3.8) is 0 Å². The van der Waals surface area contributed by atoms with Gasteiger partial charge in [-0.05, 0) is 33.6 Å². The number of ether oxygens (including phenoxy) is 2. The van der Waals surface area contributed by atoms with Crippen LogP contribution in [0.4, 0.5) is 0 Å². The van der Waals surface area contributed by atoms with Crippen molar-refractivity contribution in [1.29, 1.82) is 0 Å². The summed E-state index contributed by atoms with van der Waals surface area (Å²) in [6, 6.07) is -0.186. The number of aromatic nitrogens is 1. The summed E-state index contributed by atoms with van der Waals surface area (Å²) in [6.45, 7) is 5.26. The van der Waals surface area contributed by atoms with Gasteiger partial charge in [0.1, 0.15) is 10.6 Å². The van der Waals surface area contributed by atoms with Crippen molar-refractivity contribution >= 4 is 21.9 Å². The SMILES string of the molecule is COCC(C)NC(=O)COC(=O)C1CCN(S(=O)(=O)c2c(C)noc2C)CC1. The number of piperidine rings is 1. The molecule has 11 heteroatoms. The third-order valence-electron chi connectivity index (χ3n) is 4.52. The number of amides is 1. The summed E-state index contributed by atoms with van der Waals surface area (Å²) in [4.78, 5) is 24.0. The second-order valence-electron chi connectivity index (χ2n) is 6.86. The van der Waals surface area contributed by atoms with Crippen LogP contribution in [0.5, 0.6) is 0 Å². The number of esters is 1. The Kier molecular flexibility index (Phi) is 7.55. The fourth-order valence-corrected chi connectivity index (χ4v) is 4.93. The maximum absolute atomic E-state index is 12.8. The lowest BCUT2D eigenvalue weighted by Gasteiger charge is -2.29. The molecule has 1 aliphatic rings. The fourth-order valence-electron chi connectivity index (χ4n) is 3.17. The summed E-state index contributed by atoms with van der Waals surface area (Å²) in [5, 5.41) is 6.34. The van der Waals surface area contributed by atoms with E-state index in [1.807, 2.05) is 0 Å². The van der Waals surface area contributed by atoms with E-state index in [9.17, 15) is 18.0 Å². The van der Waals surface area contributed by atoms with Crippen LogP contribution in [0.1, 0.15) is 31.2 Å². The Morgan fingerprint density at radius 3 is 2.50 bits per heavy atom. The Morgan fingerprint density at radius 1 is 1.32 bits per heavy atom. The fraction of sp³-hybridized carbons (Fsp3) is 0.706. The van der Waals surface area contributed by atoms with Gasteiger partial charge < -0.3 is 19.3 Å². The highest BCUT2D eigenvalue weighted by Crippen LogP contribution is 2.28. The normalized spacial score (nSPS) is 17.3. The van der Waals surface area contributed by atoms with Crippen LogP contribution in [0.2, 0.25) is 0 Å². The zero-order valence-electron chi connectivity index (χ0n) is 16.6. The van der Waals surface area contributed by atoms with Gasteiger partial charge in [-0.15, -0.1) is 0 Å². The molecule has 1 N–H and O–H groups in total. The van der Waals surface area contributed by atoms with Crippen LogP contribution < -0.4 is 5.32 Å². The van der Waals surface area contributed by atoms with E-state index in [0.29, 0.717) is 25.1 Å². The molecule has 1 unspecified atom stereocenters. The van der Waals surface area contributed by atoms with Crippen LogP contribution in [0.15, 0.2) is 9.42 Å². The first-order valence-electron chi connectivity index (χ1n) is 9.04. The second kappa shape index (κ2) is 9.48. The molecule has 28 heavy (non-hydrogen) atoms. The van der Waals surface area contributed by atoms with E-state index in [1.165, 1.54) is 11.4 Å². The molecule has 2 rings (SSSR count). The van der Waals surface area contributed by atoms with Gasteiger partial charge in [-0.25, -0.2) is 8.42 Å². The predicted octanol–water partition coefficient (Wildman–Crippen LogP) is 0.386. The Labute approximate surface area is 164 Å². The summed E-state index contributed by atoms with van der Waals surface area (Å²) in [6.07, 6.45) is 0.645. The molecule has 1 atom stereocenters. The van der Waals surface area contributed by atoms with E-state index in [4.69, 9.17) is 14.0 Å². The van der Waals surface area contributed by atoms with Gasteiger partial charge in [0.25, 0.3) is 5.91 Å². The minimum absolute atomic E-state index is 0.0791.